The van der Waals surface area contributed by atoms with E-state index in [1.807, 2.05) is 51.1 Å². The van der Waals surface area contributed by atoms with Gasteiger partial charge in [-0.15, -0.1) is 0 Å². The number of amidine groups is 1. The Morgan fingerprint density at radius 3 is 3.00 bits per heavy atom. The number of carbonyl (C=O) groups excluding carboxylic acids is 1. The van der Waals surface area contributed by atoms with Crippen LogP contribution in [0, 0.1) is 6.92 Å². The maximum absolute atomic E-state index is 12.4. The number of carbonyl (C=O) groups is 1. The molecular weight excluding hydrogens is 340 g/mol. The molecule has 4 rings (SSSR count). The number of fused-ring (bicyclic) bond motifs is 2. The number of nitrogens with zero attached hydrogens (tertiary/aromatic N) is 1. The van der Waals surface area contributed by atoms with Gasteiger partial charge in [-0.3, -0.25) is 4.79 Å². The average Bonchev–Trinajstić information content (AvgIpc) is 3.09. The Balaban J connectivity index is 0.00000225. The Hall–Kier alpha value is -2.82. The lowest BCUT2D eigenvalue weighted by Crippen LogP contribution is -2.35. The molecule has 1 unspecified atom stereocenters. The quantitative estimate of drug-likeness (QED) is 0.881. The number of hydrogen-bond donors (Lipinski definition) is 1. The van der Waals surface area contributed by atoms with E-state index >= 15 is 0 Å². The summed E-state index contributed by atoms with van der Waals surface area (Å²) >= 11 is 0. The van der Waals surface area contributed by atoms with Crippen LogP contribution in [0.1, 0.15) is 44.8 Å². The van der Waals surface area contributed by atoms with E-state index in [-0.39, 0.29) is 25.5 Å². The van der Waals surface area contributed by atoms with Crippen LogP contribution in [-0.2, 0) is 11.2 Å². The second-order valence-corrected chi connectivity index (χ2v) is 7.90. The first-order valence-electron chi connectivity index (χ1n) is 9.25. The molecule has 0 saturated carbocycles. The van der Waals surface area contributed by atoms with E-state index in [9.17, 15) is 4.79 Å². The maximum atomic E-state index is 12.4. The Morgan fingerprint density at radius 2 is 2.19 bits per heavy atom. The fraction of sp³-hybridized carbons (Fsp3) is 0.364. The van der Waals surface area contributed by atoms with Crippen LogP contribution in [0.15, 0.2) is 41.4 Å². The monoisotopic (exact) mass is 366 g/mol. The summed E-state index contributed by atoms with van der Waals surface area (Å²) in [7, 11) is 0. The van der Waals surface area contributed by atoms with Crippen LogP contribution in [0.4, 0.5) is 5.69 Å². The number of ether oxygens (including phenoxy) is 2. The van der Waals surface area contributed by atoms with Crippen molar-refractivity contribution in [2.45, 2.75) is 45.6 Å². The number of aliphatic imine (C=N–C) groups is 1. The molecule has 5 nitrogen and oxygen atoms in total. The molecule has 1 atom stereocenters. The Morgan fingerprint density at radius 1 is 1.37 bits per heavy atom. The molecule has 2 aliphatic heterocycles. The molecule has 0 aliphatic carbocycles. The van der Waals surface area contributed by atoms with Crippen molar-refractivity contribution in [3.05, 3.63) is 53.1 Å². The molecule has 0 fully saturated rings. The first kappa shape index (κ1) is 17.6. The van der Waals surface area contributed by atoms with Crippen LogP contribution >= 0.6 is 0 Å². The Labute approximate surface area is 160 Å². The van der Waals surface area contributed by atoms with Crippen LogP contribution in [0.2, 0.25) is 0 Å². The standard InChI is InChI=1S/C22H24N2O3.H2/c1-13-8-9-17-16(10-13)14(2)21(23-17)24-19(25)12-26-18-7-5-6-15-11-22(3,4)27-20(15)18;/h5-10,14H,11-12H2,1-4H3,(H,23,24,25);1H. The molecule has 5 heteroatoms. The van der Waals surface area contributed by atoms with Gasteiger partial charge in [0.1, 0.15) is 11.4 Å². The molecule has 2 heterocycles. The Kier molecular flexibility index (Phi) is 4.17. The van der Waals surface area contributed by atoms with Crippen molar-refractivity contribution in [2.24, 2.45) is 4.99 Å². The average molecular weight is 366 g/mol. The van der Waals surface area contributed by atoms with Gasteiger partial charge >= 0.3 is 0 Å². The highest BCUT2D eigenvalue weighted by molar-refractivity contribution is 6.05. The molecule has 1 amide bonds. The second kappa shape index (κ2) is 6.41. The zero-order valence-electron chi connectivity index (χ0n) is 16.1. The lowest BCUT2D eigenvalue weighted by atomic mass is 9.99. The fourth-order valence-electron chi connectivity index (χ4n) is 3.66. The van der Waals surface area contributed by atoms with Crippen molar-refractivity contribution in [3.63, 3.8) is 0 Å². The predicted molar refractivity (Wildman–Crippen MR) is 107 cm³/mol. The molecule has 0 spiro atoms. The first-order chi connectivity index (χ1) is 12.8. The number of para-hydroxylation sites is 1. The predicted octanol–water partition coefficient (Wildman–Crippen LogP) is 4.30. The third kappa shape index (κ3) is 3.42. The molecule has 0 saturated heterocycles. The number of nitrogens with one attached hydrogen (secondary N) is 1. The van der Waals surface area contributed by atoms with Crippen LogP contribution in [0.3, 0.4) is 0 Å². The van der Waals surface area contributed by atoms with Crippen molar-refractivity contribution in [2.75, 3.05) is 6.61 Å². The van der Waals surface area contributed by atoms with Crippen LogP contribution < -0.4 is 14.8 Å². The summed E-state index contributed by atoms with van der Waals surface area (Å²) in [5.74, 6) is 1.85. The van der Waals surface area contributed by atoms with Gasteiger partial charge in [0.05, 0.1) is 5.69 Å². The van der Waals surface area contributed by atoms with E-state index in [4.69, 9.17) is 9.47 Å². The van der Waals surface area contributed by atoms with Gasteiger partial charge in [0.15, 0.2) is 18.1 Å². The molecule has 0 bridgehead atoms. The van der Waals surface area contributed by atoms with Crippen LogP contribution in [0.25, 0.3) is 0 Å². The summed E-state index contributed by atoms with van der Waals surface area (Å²) in [5.41, 5.74) is 4.11. The lowest BCUT2D eigenvalue weighted by molar-refractivity contribution is -0.121. The molecule has 2 aromatic carbocycles. The summed E-state index contributed by atoms with van der Waals surface area (Å²) in [6, 6.07) is 11.9. The van der Waals surface area contributed by atoms with E-state index in [2.05, 4.69) is 23.3 Å². The maximum Gasteiger partial charge on any atom is 0.263 e. The highest BCUT2D eigenvalue weighted by atomic mass is 16.5. The van der Waals surface area contributed by atoms with Gasteiger partial charge in [0, 0.05) is 19.3 Å². The second-order valence-electron chi connectivity index (χ2n) is 7.90. The Bertz CT molecular complexity index is 953. The SMILES string of the molecule is Cc1ccc2c(c1)C(C)C(NC(=O)COc1cccc3c1OC(C)(C)C3)=N2.[HH]. The van der Waals surface area contributed by atoms with Crippen molar-refractivity contribution in [3.8, 4) is 11.5 Å². The van der Waals surface area contributed by atoms with Crippen molar-refractivity contribution >= 4 is 17.4 Å². The summed E-state index contributed by atoms with van der Waals surface area (Å²) in [4.78, 5) is 17.0. The van der Waals surface area contributed by atoms with Gasteiger partial charge in [-0.25, -0.2) is 4.99 Å². The minimum absolute atomic E-state index is 0. The molecule has 2 aromatic rings. The number of hydrogen-bond acceptors (Lipinski definition) is 4. The van der Waals surface area contributed by atoms with Gasteiger partial charge < -0.3 is 14.8 Å². The zero-order valence-corrected chi connectivity index (χ0v) is 16.1. The summed E-state index contributed by atoms with van der Waals surface area (Å²) in [5, 5.41) is 2.89. The third-order valence-corrected chi connectivity index (χ3v) is 4.98. The van der Waals surface area contributed by atoms with Crippen molar-refractivity contribution in [1.29, 1.82) is 0 Å². The zero-order chi connectivity index (χ0) is 19.2. The van der Waals surface area contributed by atoms with Gasteiger partial charge in [-0.1, -0.05) is 36.8 Å². The molecule has 142 valence electrons. The van der Waals surface area contributed by atoms with E-state index in [0.717, 1.165) is 29.0 Å². The first-order valence-corrected chi connectivity index (χ1v) is 9.25. The fourth-order valence-corrected chi connectivity index (χ4v) is 3.66. The summed E-state index contributed by atoms with van der Waals surface area (Å²) < 4.78 is 11.7. The molecule has 2 aliphatic rings. The third-order valence-electron chi connectivity index (χ3n) is 4.98. The van der Waals surface area contributed by atoms with E-state index in [1.54, 1.807) is 0 Å². The van der Waals surface area contributed by atoms with Gasteiger partial charge in [-0.2, -0.15) is 0 Å². The van der Waals surface area contributed by atoms with Crippen molar-refractivity contribution in [1.82, 2.24) is 5.32 Å². The largest absolute Gasteiger partial charge is 0.483 e. The van der Waals surface area contributed by atoms with Crippen LogP contribution in [0.5, 0.6) is 11.5 Å². The normalized spacial score (nSPS) is 19.0. The molecular formula is C22H26N2O3. The summed E-state index contributed by atoms with van der Waals surface area (Å²) in [6.45, 7) is 8.11. The topological polar surface area (TPSA) is 59.9 Å². The van der Waals surface area contributed by atoms with E-state index in [1.165, 1.54) is 5.56 Å². The summed E-state index contributed by atoms with van der Waals surface area (Å²) in [6.07, 6.45) is 0.831. The van der Waals surface area contributed by atoms with E-state index < -0.39 is 0 Å². The highest BCUT2D eigenvalue weighted by Gasteiger charge is 2.32. The minimum Gasteiger partial charge on any atom is -0.483 e. The molecule has 27 heavy (non-hydrogen) atoms. The van der Waals surface area contributed by atoms with Crippen LogP contribution in [-0.4, -0.2) is 24.0 Å². The highest BCUT2D eigenvalue weighted by Crippen LogP contribution is 2.41. The van der Waals surface area contributed by atoms with Gasteiger partial charge in [0.2, 0.25) is 0 Å². The number of rotatable bonds is 3. The van der Waals surface area contributed by atoms with Gasteiger partial charge in [0.25, 0.3) is 5.91 Å². The number of amides is 1. The van der Waals surface area contributed by atoms with E-state index in [0.29, 0.717) is 11.6 Å². The minimum atomic E-state index is -0.248. The lowest BCUT2D eigenvalue weighted by Gasteiger charge is -2.18. The smallest absolute Gasteiger partial charge is 0.263 e. The molecule has 0 radical (unpaired) electrons. The number of benzene rings is 2. The number of aryl methyl sites for hydroxylation is 1. The molecule has 1 N–H and O–H groups in total. The van der Waals surface area contributed by atoms with Gasteiger partial charge in [-0.05, 0) is 38.5 Å². The molecule has 0 aromatic heterocycles. The van der Waals surface area contributed by atoms with Crippen molar-refractivity contribution < 1.29 is 15.7 Å².